The summed E-state index contributed by atoms with van der Waals surface area (Å²) in [6.45, 7) is -0.572. The number of nitrogens with two attached hydrogens (primary N) is 1. The maximum absolute atomic E-state index is 12.2. The SMILES string of the molecule is NC1(C(=O)O)[Se]C1(CC=[Se])CC(=O)NC(CS)C(=O)NCC(=O)O. The summed E-state index contributed by atoms with van der Waals surface area (Å²) in [4.78, 5) is 47.4. The summed E-state index contributed by atoms with van der Waals surface area (Å²) < 4.78 is -2.26. The first-order valence-electron chi connectivity index (χ1n) is 6.67. The fourth-order valence-electron chi connectivity index (χ4n) is 2.07. The Kier molecular flexibility index (Phi) is 7.45. The zero-order valence-corrected chi connectivity index (χ0v) is 16.7. The van der Waals surface area contributed by atoms with Crippen LogP contribution in [0.25, 0.3) is 0 Å². The second-order valence-electron chi connectivity index (χ2n) is 5.10. The zero-order chi connectivity index (χ0) is 18.5. The minimum atomic E-state index is -1.42. The number of rotatable bonds is 10. The van der Waals surface area contributed by atoms with E-state index in [-0.39, 0.29) is 12.2 Å². The van der Waals surface area contributed by atoms with E-state index < -0.39 is 60.0 Å². The Morgan fingerprint density at radius 3 is 2.38 bits per heavy atom. The molecule has 1 aliphatic heterocycles. The summed E-state index contributed by atoms with van der Waals surface area (Å²) in [6, 6.07) is -1.02. The molecule has 1 fully saturated rings. The van der Waals surface area contributed by atoms with Crippen molar-refractivity contribution in [2.75, 3.05) is 12.3 Å². The third-order valence-corrected chi connectivity index (χ3v) is 7.71. The molecule has 6 N–H and O–H groups in total. The van der Waals surface area contributed by atoms with Crippen molar-refractivity contribution < 1.29 is 29.4 Å². The minimum absolute atomic E-state index is 0.0320. The van der Waals surface area contributed by atoms with E-state index >= 15 is 0 Å². The number of hydrogen-bond donors (Lipinski definition) is 6. The van der Waals surface area contributed by atoms with Crippen molar-refractivity contribution in [1.82, 2.24) is 10.6 Å². The number of carbonyl (C=O) groups excluding carboxylic acids is 2. The molecule has 1 rings (SSSR count). The van der Waals surface area contributed by atoms with Gasteiger partial charge in [-0.2, -0.15) is 0 Å². The third-order valence-electron chi connectivity index (χ3n) is 3.42. The van der Waals surface area contributed by atoms with Crippen molar-refractivity contribution in [3.8, 4) is 0 Å². The molecular formula is C12H17N3O6SSe2. The van der Waals surface area contributed by atoms with Crippen LogP contribution in [0.15, 0.2) is 0 Å². The van der Waals surface area contributed by atoms with Crippen LogP contribution in [-0.4, -0.2) is 92.2 Å². The molecule has 0 saturated carbocycles. The van der Waals surface area contributed by atoms with Gasteiger partial charge in [-0.05, 0) is 0 Å². The molecule has 3 atom stereocenters. The fourth-order valence-corrected chi connectivity index (χ4v) is 6.12. The molecule has 24 heavy (non-hydrogen) atoms. The van der Waals surface area contributed by atoms with Crippen molar-refractivity contribution in [3.05, 3.63) is 0 Å². The second-order valence-corrected chi connectivity index (χ2v) is 9.58. The monoisotopic (exact) mass is 491 g/mol. The van der Waals surface area contributed by atoms with Crippen molar-refractivity contribution in [3.63, 3.8) is 0 Å². The van der Waals surface area contributed by atoms with Gasteiger partial charge in [0.1, 0.15) is 0 Å². The molecule has 0 bridgehead atoms. The van der Waals surface area contributed by atoms with E-state index in [1.807, 2.05) is 0 Å². The van der Waals surface area contributed by atoms with Crippen LogP contribution in [-0.2, 0) is 19.2 Å². The Morgan fingerprint density at radius 2 is 1.96 bits per heavy atom. The van der Waals surface area contributed by atoms with Crippen molar-refractivity contribution >= 4 is 71.8 Å². The Balaban J connectivity index is 2.69. The molecular weight excluding hydrogens is 472 g/mol. The molecule has 134 valence electrons. The molecule has 0 aromatic rings. The van der Waals surface area contributed by atoms with E-state index in [4.69, 9.17) is 10.8 Å². The molecule has 0 aliphatic carbocycles. The molecule has 0 radical (unpaired) electrons. The predicted molar refractivity (Wildman–Crippen MR) is 90.5 cm³/mol. The predicted octanol–water partition coefficient (Wildman–Crippen LogP) is -3.03. The molecule has 0 aromatic carbocycles. The van der Waals surface area contributed by atoms with Gasteiger partial charge in [-0.3, -0.25) is 0 Å². The van der Waals surface area contributed by atoms with E-state index in [0.29, 0.717) is 6.42 Å². The number of carboxylic acids is 2. The Labute approximate surface area is 157 Å². The number of carbonyl (C=O) groups is 4. The first kappa shape index (κ1) is 21.1. The maximum atomic E-state index is 12.2. The van der Waals surface area contributed by atoms with Gasteiger partial charge in [0.2, 0.25) is 0 Å². The van der Waals surface area contributed by atoms with E-state index in [1.165, 1.54) is 0 Å². The van der Waals surface area contributed by atoms with Gasteiger partial charge < -0.3 is 0 Å². The van der Waals surface area contributed by atoms with Crippen LogP contribution in [0.3, 0.4) is 0 Å². The van der Waals surface area contributed by atoms with Gasteiger partial charge in [0.25, 0.3) is 0 Å². The first-order valence-corrected chi connectivity index (χ1v) is 10.0. The summed E-state index contributed by atoms with van der Waals surface area (Å²) in [5, 5.41) is 22.3. The molecule has 1 aliphatic rings. The van der Waals surface area contributed by atoms with Gasteiger partial charge in [0.15, 0.2) is 0 Å². The quantitative estimate of drug-likeness (QED) is 0.141. The molecule has 1 saturated heterocycles. The second kappa shape index (κ2) is 8.46. The normalized spacial score (nSPS) is 26.1. The fraction of sp³-hybridized carbons (Fsp3) is 0.583. The molecule has 9 nitrogen and oxygen atoms in total. The Hall–Kier alpha value is -0.901. The molecule has 3 unspecified atom stereocenters. The number of carboxylic acid groups (broad SMARTS) is 2. The summed E-state index contributed by atoms with van der Waals surface area (Å²) in [6.07, 6.45) is 0.199. The summed E-state index contributed by atoms with van der Waals surface area (Å²) >= 11 is 6.15. The number of hydrogen-bond acceptors (Lipinski definition) is 6. The number of amides is 2. The van der Waals surface area contributed by atoms with Gasteiger partial charge in [0, 0.05) is 0 Å². The van der Waals surface area contributed by atoms with E-state index in [2.05, 4.69) is 38.8 Å². The van der Waals surface area contributed by atoms with Crippen LogP contribution in [0.5, 0.6) is 0 Å². The van der Waals surface area contributed by atoms with E-state index in [9.17, 15) is 24.3 Å². The van der Waals surface area contributed by atoms with Gasteiger partial charge in [-0.25, -0.2) is 0 Å². The Bertz CT molecular complexity index is 577. The van der Waals surface area contributed by atoms with Gasteiger partial charge in [-0.15, -0.1) is 0 Å². The van der Waals surface area contributed by atoms with Crippen molar-refractivity contribution in [2.45, 2.75) is 27.6 Å². The summed E-state index contributed by atoms with van der Waals surface area (Å²) in [5.41, 5.74) is 5.86. The summed E-state index contributed by atoms with van der Waals surface area (Å²) in [5.74, 6) is -3.60. The molecule has 0 aromatic heterocycles. The van der Waals surface area contributed by atoms with Crippen LogP contribution in [0.4, 0.5) is 0 Å². The number of nitrogens with one attached hydrogen (secondary N) is 2. The average Bonchev–Trinajstić information content (AvgIpc) is 3.07. The topological polar surface area (TPSA) is 159 Å². The van der Waals surface area contributed by atoms with Crippen LogP contribution in [0.2, 0.25) is 4.31 Å². The standard InChI is InChI=1S/C12H17N3O6SSe2/c13-12(10(20)21)11(24-12,1-2-23)3-7(16)15-6(5-22)9(19)14-4-8(17)18/h2,6,22H,1,3-5,13H2,(H,14,19)(H,15,16)(H,17,18)(H,20,21). The van der Waals surface area contributed by atoms with Crippen LogP contribution < -0.4 is 16.4 Å². The number of thiol groups is 1. The van der Waals surface area contributed by atoms with Crippen LogP contribution in [0, 0.1) is 0 Å². The van der Waals surface area contributed by atoms with Gasteiger partial charge in [0.05, 0.1) is 0 Å². The van der Waals surface area contributed by atoms with Crippen LogP contribution >= 0.6 is 12.6 Å². The van der Waals surface area contributed by atoms with E-state index in [0.717, 1.165) is 0 Å². The molecule has 0 spiro atoms. The number of aliphatic carboxylic acids is 2. The van der Waals surface area contributed by atoms with Gasteiger partial charge >= 0.3 is 158 Å². The third kappa shape index (κ3) is 4.81. The van der Waals surface area contributed by atoms with Crippen molar-refractivity contribution in [1.29, 1.82) is 0 Å². The van der Waals surface area contributed by atoms with Crippen LogP contribution in [0.1, 0.15) is 12.8 Å². The Morgan fingerprint density at radius 1 is 1.33 bits per heavy atom. The molecule has 12 heteroatoms. The zero-order valence-electron chi connectivity index (χ0n) is 12.4. The average molecular weight is 489 g/mol. The van der Waals surface area contributed by atoms with Gasteiger partial charge in [-0.1, -0.05) is 0 Å². The first-order chi connectivity index (χ1) is 11.1. The molecule has 2 amide bonds. The van der Waals surface area contributed by atoms with Crippen molar-refractivity contribution in [2.24, 2.45) is 5.73 Å². The molecule has 1 heterocycles. The summed E-state index contributed by atoms with van der Waals surface area (Å²) in [7, 11) is 0. The van der Waals surface area contributed by atoms with E-state index in [1.54, 1.807) is 4.92 Å².